The lowest BCUT2D eigenvalue weighted by Crippen LogP contribution is -2.57. The fraction of sp³-hybridized carbons (Fsp3) is 0.458. The minimum atomic E-state index is 0.314. The van der Waals surface area contributed by atoms with E-state index in [1.54, 1.807) is 0 Å². The molecule has 0 amide bonds. The molecule has 2 unspecified atom stereocenters. The fourth-order valence-electron chi connectivity index (χ4n) is 4.73. The van der Waals surface area contributed by atoms with Gasteiger partial charge in [0, 0.05) is 36.3 Å². The molecule has 5 rings (SSSR count). The van der Waals surface area contributed by atoms with Crippen LogP contribution in [0.4, 0.5) is 0 Å². The van der Waals surface area contributed by atoms with E-state index in [1.165, 1.54) is 28.1 Å². The lowest BCUT2D eigenvalue weighted by Gasteiger charge is -2.39. The molecule has 146 valence electrons. The zero-order chi connectivity index (χ0) is 19.1. The maximum atomic E-state index is 6.28. The predicted molar refractivity (Wildman–Crippen MR) is 115 cm³/mol. The van der Waals surface area contributed by atoms with Crippen molar-refractivity contribution in [1.82, 2.24) is 10.2 Å². The SMILES string of the molecule is Cc1ccc2cc1C1=C3N=C(C=CC3C=C1)CCCN1C[C@H](C)NCC1CO2. The van der Waals surface area contributed by atoms with Crippen LogP contribution in [0.25, 0.3) is 5.57 Å². The number of hydrogen-bond acceptors (Lipinski definition) is 4. The minimum absolute atomic E-state index is 0.314. The van der Waals surface area contributed by atoms with E-state index in [1.807, 2.05) is 0 Å². The highest BCUT2D eigenvalue weighted by molar-refractivity contribution is 5.99. The van der Waals surface area contributed by atoms with Crippen molar-refractivity contribution >= 4 is 11.3 Å². The summed E-state index contributed by atoms with van der Waals surface area (Å²) in [5.74, 6) is 1.27. The number of allylic oxidation sites excluding steroid dienone is 4. The summed E-state index contributed by atoms with van der Waals surface area (Å²) >= 11 is 0. The monoisotopic (exact) mass is 375 g/mol. The number of nitrogens with zero attached hydrogens (tertiary/aromatic N) is 2. The highest BCUT2D eigenvalue weighted by atomic mass is 16.5. The van der Waals surface area contributed by atoms with E-state index in [0.29, 0.717) is 18.0 Å². The van der Waals surface area contributed by atoms with Crippen LogP contribution >= 0.6 is 0 Å². The van der Waals surface area contributed by atoms with E-state index in [4.69, 9.17) is 9.73 Å². The van der Waals surface area contributed by atoms with Crippen molar-refractivity contribution in [3.63, 3.8) is 0 Å². The van der Waals surface area contributed by atoms with Crippen molar-refractivity contribution in [3.05, 3.63) is 59.3 Å². The first kappa shape index (κ1) is 17.9. The largest absolute Gasteiger partial charge is 0.492 e. The smallest absolute Gasteiger partial charge is 0.120 e. The van der Waals surface area contributed by atoms with Gasteiger partial charge in [-0.25, -0.2) is 0 Å². The highest BCUT2D eigenvalue weighted by Gasteiger charge is 2.27. The van der Waals surface area contributed by atoms with Gasteiger partial charge in [0.2, 0.25) is 0 Å². The van der Waals surface area contributed by atoms with Gasteiger partial charge in [0.05, 0.1) is 11.7 Å². The minimum Gasteiger partial charge on any atom is -0.492 e. The van der Waals surface area contributed by atoms with Crippen molar-refractivity contribution in [2.24, 2.45) is 10.9 Å². The number of piperazine rings is 1. The van der Waals surface area contributed by atoms with Crippen LogP contribution in [0, 0.1) is 12.8 Å². The van der Waals surface area contributed by atoms with Gasteiger partial charge in [-0.1, -0.05) is 24.3 Å². The quantitative estimate of drug-likeness (QED) is 0.751. The molecule has 0 radical (unpaired) electrons. The Kier molecular flexibility index (Phi) is 4.69. The summed E-state index contributed by atoms with van der Waals surface area (Å²) in [6, 6.07) is 7.43. The van der Waals surface area contributed by atoms with Gasteiger partial charge in [-0.15, -0.1) is 0 Å². The van der Waals surface area contributed by atoms with Crippen molar-refractivity contribution < 1.29 is 4.74 Å². The number of ether oxygens (including phenoxy) is 1. The molecule has 1 N–H and O–H groups in total. The molecule has 1 aliphatic carbocycles. The zero-order valence-corrected chi connectivity index (χ0v) is 16.8. The van der Waals surface area contributed by atoms with E-state index < -0.39 is 0 Å². The number of fused-ring (bicyclic) bond motifs is 4. The van der Waals surface area contributed by atoms with Crippen LogP contribution in [-0.4, -0.2) is 48.9 Å². The molecule has 28 heavy (non-hydrogen) atoms. The van der Waals surface area contributed by atoms with Crippen LogP contribution in [0.15, 0.2) is 53.2 Å². The van der Waals surface area contributed by atoms with E-state index in [2.05, 4.69) is 66.6 Å². The molecule has 1 saturated heterocycles. The molecule has 3 heterocycles. The Balaban J connectivity index is 1.53. The van der Waals surface area contributed by atoms with Gasteiger partial charge in [0.1, 0.15) is 12.4 Å². The van der Waals surface area contributed by atoms with Crippen molar-refractivity contribution in [3.8, 4) is 5.75 Å². The molecule has 0 spiro atoms. The van der Waals surface area contributed by atoms with Gasteiger partial charge in [-0.3, -0.25) is 9.89 Å². The summed E-state index contributed by atoms with van der Waals surface area (Å²) in [6.07, 6.45) is 11.2. The normalized spacial score (nSPS) is 29.8. The lowest BCUT2D eigenvalue weighted by molar-refractivity contribution is 0.0922. The molecular formula is C24H29N3O. The Morgan fingerprint density at radius 2 is 2.11 bits per heavy atom. The van der Waals surface area contributed by atoms with E-state index in [-0.39, 0.29) is 0 Å². The molecule has 0 saturated carbocycles. The third kappa shape index (κ3) is 3.36. The van der Waals surface area contributed by atoms with Crippen LogP contribution in [0.5, 0.6) is 5.75 Å². The summed E-state index contributed by atoms with van der Waals surface area (Å²) in [5, 5.41) is 3.61. The number of nitrogens with one attached hydrogen (secondary N) is 1. The summed E-state index contributed by atoms with van der Waals surface area (Å²) < 4.78 is 6.28. The molecule has 4 aliphatic rings. The molecule has 1 aromatic carbocycles. The number of rotatable bonds is 0. The van der Waals surface area contributed by atoms with Gasteiger partial charge in [-0.2, -0.15) is 0 Å². The van der Waals surface area contributed by atoms with Crippen molar-refractivity contribution in [2.75, 3.05) is 26.2 Å². The van der Waals surface area contributed by atoms with E-state index in [9.17, 15) is 0 Å². The summed E-state index contributed by atoms with van der Waals surface area (Å²) in [4.78, 5) is 7.68. The number of benzene rings is 1. The molecule has 4 heteroatoms. The maximum Gasteiger partial charge on any atom is 0.120 e. The molecule has 1 aromatic rings. The van der Waals surface area contributed by atoms with Crippen LogP contribution in [0.1, 0.15) is 30.9 Å². The summed E-state index contributed by atoms with van der Waals surface area (Å²) in [6.45, 7) is 8.34. The molecule has 0 aromatic heterocycles. The Morgan fingerprint density at radius 3 is 3.04 bits per heavy atom. The molecule has 1 fully saturated rings. The molecular weight excluding hydrogens is 346 g/mol. The van der Waals surface area contributed by atoms with Gasteiger partial charge in [0.15, 0.2) is 0 Å². The van der Waals surface area contributed by atoms with Gasteiger partial charge in [-0.05, 0) is 62.6 Å². The average Bonchev–Trinajstić information content (AvgIpc) is 3.11. The standard InChI is InChI=1S/C24H29N3O/c1-16-5-9-21-12-23(16)22-10-7-18-6-8-19(26-24(18)22)4-3-11-27-14-17(2)25-13-20(27)15-28-21/h5-10,12,17-18,20,25H,3-4,11,13-15H2,1-2H3/t17-,18?,20?/m0/s1. The first-order valence-electron chi connectivity index (χ1n) is 10.6. The number of dihydropyridines is 1. The number of aliphatic imine (C=N–C) groups is 1. The Hall–Kier alpha value is -2.17. The Labute approximate surface area is 167 Å². The van der Waals surface area contributed by atoms with Crippen LogP contribution < -0.4 is 10.1 Å². The van der Waals surface area contributed by atoms with Crippen LogP contribution in [0.3, 0.4) is 0 Å². The lowest BCUT2D eigenvalue weighted by atomic mass is 9.96. The third-order valence-electron chi connectivity index (χ3n) is 6.37. The van der Waals surface area contributed by atoms with Crippen LogP contribution in [-0.2, 0) is 0 Å². The summed E-state index contributed by atoms with van der Waals surface area (Å²) in [7, 11) is 0. The second kappa shape index (κ2) is 7.34. The number of aryl methyl sites for hydroxylation is 1. The molecule has 4 bridgehead atoms. The van der Waals surface area contributed by atoms with Gasteiger partial charge in [0.25, 0.3) is 0 Å². The van der Waals surface area contributed by atoms with Gasteiger partial charge >= 0.3 is 0 Å². The molecule has 3 aliphatic heterocycles. The number of hydrogen-bond donors (Lipinski definition) is 1. The summed E-state index contributed by atoms with van der Waals surface area (Å²) in [5.41, 5.74) is 6.18. The van der Waals surface area contributed by atoms with Crippen LogP contribution in [0.2, 0.25) is 0 Å². The first-order valence-corrected chi connectivity index (χ1v) is 10.6. The average molecular weight is 376 g/mol. The van der Waals surface area contributed by atoms with Gasteiger partial charge < -0.3 is 10.1 Å². The Morgan fingerprint density at radius 1 is 1.21 bits per heavy atom. The van der Waals surface area contributed by atoms with E-state index in [0.717, 1.165) is 44.8 Å². The topological polar surface area (TPSA) is 36.9 Å². The third-order valence-corrected chi connectivity index (χ3v) is 6.37. The second-order valence-electron chi connectivity index (χ2n) is 8.50. The Bertz CT molecular complexity index is 895. The molecule has 3 atom stereocenters. The van der Waals surface area contributed by atoms with Crippen molar-refractivity contribution in [1.29, 1.82) is 0 Å². The van der Waals surface area contributed by atoms with E-state index >= 15 is 0 Å². The maximum absolute atomic E-state index is 6.28. The fourth-order valence-corrected chi connectivity index (χ4v) is 4.73. The predicted octanol–water partition coefficient (Wildman–Crippen LogP) is 3.74. The highest BCUT2D eigenvalue weighted by Crippen LogP contribution is 2.38. The molecule has 4 nitrogen and oxygen atoms in total. The zero-order valence-electron chi connectivity index (χ0n) is 16.8. The van der Waals surface area contributed by atoms with Crippen molar-refractivity contribution in [2.45, 2.75) is 38.8 Å². The second-order valence-corrected chi connectivity index (χ2v) is 8.50. The first-order chi connectivity index (χ1) is 13.7.